The van der Waals surface area contributed by atoms with Crippen LogP contribution in [-0.2, 0) is 7.86 Å². The normalized spacial score (nSPS) is 11.3. The van der Waals surface area contributed by atoms with E-state index in [1.807, 2.05) is 0 Å². The van der Waals surface area contributed by atoms with Crippen molar-refractivity contribution in [1.29, 1.82) is 0 Å². The lowest BCUT2D eigenvalue weighted by molar-refractivity contribution is -0.130. The van der Waals surface area contributed by atoms with Gasteiger partial charge in [0.1, 0.15) is 0 Å². The van der Waals surface area contributed by atoms with E-state index in [9.17, 15) is 4.79 Å². The fourth-order valence-electron chi connectivity index (χ4n) is 0.651. The molecule has 13 heavy (non-hydrogen) atoms. The lowest BCUT2D eigenvalue weighted by atomic mass is 10.2. The Morgan fingerprint density at radius 1 is 1.38 bits per heavy atom. The average molecular weight is 290 g/mol. The van der Waals surface area contributed by atoms with Crippen LogP contribution in [-0.4, -0.2) is 5.97 Å². The van der Waals surface area contributed by atoms with Crippen molar-refractivity contribution < 1.29 is 7.86 Å². The second-order valence-corrected chi connectivity index (χ2v) is 2.63. The Bertz CT molecular complexity index is 252. The van der Waals surface area contributed by atoms with Gasteiger partial charge in [0.25, 0.3) is 0 Å². The van der Waals surface area contributed by atoms with E-state index in [-0.39, 0.29) is 12.4 Å². The van der Waals surface area contributed by atoms with Crippen molar-refractivity contribution in [3.8, 4) is 0 Å². The summed E-state index contributed by atoms with van der Waals surface area (Å²) < 4.78 is 4.49. The third-order valence-electron chi connectivity index (χ3n) is 1.25. The van der Waals surface area contributed by atoms with Crippen LogP contribution in [0.15, 0.2) is 49.1 Å². The van der Waals surface area contributed by atoms with Gasteiger partial charge in [0.15, 0.2) is 23.0 Å². The molecular weight excluding hydrogens is 279 g/mol. The van der Waals surface area contributed by atoms with Crippen LogP contribution in [0, 0.1) is 0 Å². The van der Waals surface area contributed by atoms with Gasteiger partial charge in [-0.1, -0.05) is 43.5 Å². The molecule has 0 N–H and O–H groups in total. The smallest absolute Gasteiger partial charge is 0.319 e. The third-order valence-corrected chi connectivity index (χ3v) is 1.75. The molecule has 0 aliphatic carbocycles. The van der Waals surface area contributed by atoms with Crippen LogP contribution < -0.4 is 0 Å². The lowest BCUT2D eigenvalue weighted by Gasteiger charge is -1.96. The minimum atomic E-state index is -0.279. The molecule has 0 aromatic heterocycles. The van der Waals surface area contributed by atoms with E-state index < -0.39 is 0 Å². The second kappa shape index (κ2) is 7.79. The molecule has 0 fully saturated rings. The number of carbonyl (C=O) groups excluding carboxylic acids is 1. The zero-order valence-electron chi connectivity index (χ0n) is 7.20. The Hall–Kier alpha value is -0.840. The molecule has 0 spiro atoms. The number of hydrogen-bond donors (Lipinski definition) is 0. The van der Waals surface area contributed by atoms with Gasteiger partial charge in [0.2, 0.25) is 0 Å². The summed E-state index contributed by atoms with van der Waals surface area (Å²) in [6, 6.07) is 0. The predicted molar refractivity (Wildman–Crippen MR) is 62.3 cm³/mol. The number of rotatable bonds is 5. The molecule has 2 nitrogen and oxygen atoms in total. The maximum atomic E-state index is 10.9. The highest BCUT2D eigenvalue weighted by Gasteiger charge is 2.01. The summed E-state index contributed by atoms with van der Waals surface area (Å²) >= 11 is 1.56. The van der Waals surface area contributed by atoms with Gasteiger partial charge >= 0.3 is 5.97 Å². The van der Waals surface area contributed by atoms with Crippen molar-refractivity contribution in [2.75, 3.05) is 0 Å². The van der Waals surface area contributed by atoms with Crippen molar-refractivity contribution in [2.45, 2.75) is 6.42 Å². The third kappa shape index (κ3) is 6.33. The van der Waals surface area contributed by atoms with E-state index in [4.69, 9.17) is 0 Å². The maximum Gasteiger partial charge on any atom is 0.319 e. The van der Waals surface area contributed by atoms with Crippen LogP contribution in [0.1, 0.15) is 6.42 Å². The molecular formula is C10H11IO2. The van der Waals surface area contributed by atoms with E-state index in [0.29, 0.717) is 0 Å². The van der Waals surface area contributed by atoms with Gasteiger partial charge in [0.05, 0.1) is 6.42 Å². The molecule has 0 aliphatic rings. The zero-order chi connectivity index (χ0) is 10.1. The fraction of sp³-hybridized carbons (Fsp3) is 0.100. The van der Waals surface area contributed by atoms with Gasteiger partial charge in [-0.05, 0) is 5.57 Å². The summed E-state index contributed by atoms with van der Waals surface area (Å²) in [6.45, 7) is 7.11. The van der Waals surface area contributed by atoms with Crippen LogP contribution in [0.4, 0.5) is 0 Å². The molecule has 0 unspecified atom stereocenters. The Morgan fingerprint density at radius 3 is 2.54 bits per heavy atom. The van der Waals surface area contributed by atoms with Crippen molar-refractivity contribution in [2.24, 2.45) is 0 Å². The first-order chi connectivity index (χ1) is 6.24. The summed E-state index contributed by atoms with van der Waals surface area (Å²) in [4.78, 5) is 10.9. The Balaban J connectivity index is 4.24. The van der Waals surface area contributed by atoms with Gasteiger partial charge in [-0.3, -0.25) is 4.79 Å². The van der Waals surface area contributed by atoms with E-state index >= 15 is 0 Å². The predicted octanol–water partition coefficient (Wildman–Crippen LogP) is 3.12. The second-order valence-electron chi connectivity index (χ2n) is 2.19. The summed E-state index contributed by atoms with van der Waals surface area (Å²) in [6.07, 6.45) is 8.90. The van der Waals surface area contributed by atoms with Crippen molar-refractivity contribution >= 4 is 29.0 Å². The van der Waals surface area contributed by atoms with Gasteiger partial charge < -0.3 is 3.07 Å². The first-order valence-corrected chi connectivity index (χ1v) is 4.54. The van der Waals surface area contributed by atoms with Crippen LogP contribution in [0.3, 0.4) is 0 Å². The molecule has 0 rings (SSSR count). The lowest BCUT2D eigenvalue weighted by Crippen LogP contribution is -1.96. The summed E-state index contributed by atoms with van der Waals surface area (Å²) in [5.74, 6) is -0.279. The van der Waals surface area contributed by atoms with Gasteiger partial charge in [-0.15, -0.1) is 0 Å². The number of carbonyl (C=O) groups is 1. The molecule has 0 heterocycles. The largest absolute Gasteiger partial charge is 0.394 e. The monoisotopic (exact) mass is 290 g/mol. The Morgan fingerprint density at radius 2 is 2.08 bits per heavy atom. The fourth-order valence-corrected chi connectivity index (χ4v) is 0.807. The average Bonchev–Trinajstić information content (AvgIpc) is 2.16. The molecule has 0 radical (unpaired) electrons. The topological polar surface area (TPSA) is 26.3 Å². The van der Waals surface area contributed by atoms with E-state index in [0.717, 1.165) is 5.57 Å². The van der Waals surface area contributed by atoms with E-state index in [1.54, 1.807) is 53.4 Å². The molecule has 0 aromatic carbocycles. The van der Waals surface area contributed by atoms with Crippen LogP contribution >= 0.6 is 23.0 Å². The van der Waals surface area contributed by atoms with Crippen LogP contribution in [0.2, 0.25) is 0 Å². The highest BCUT2D eigenvalue weighted by molar-refractivity contribution is 14.1. The minimum absolute atomic E-state index is 0.244. The quantitative estimate of drug-likeness (QED) is 0.574. The van der Waals surface area contributed by atoms with Crippen molar-refractivity contribution in [3.63, 3.8) is 0 Å². The standard InChI is InChI=1S/C10H11IO2/c1-3-5-6-7-9(4-2)8-10(12)13-11/h3-7H,1-2,8H2/b6-5-,9-7+. The summed E-state index contributed by atoms with van der Waals surface area (Å²) in [5.41, 5.74) is 0.819. The molecule has 0 atom stereocenters. The van der Waals surface area contributed by atoms with E-state index in [2.05, 4.69) is 16.2 Å². The maximum absolute atomic E-state index is 10.9. The first kappa shape index (κ1) is 12.2. The van der Waals surface area contributed by atoms with Gasteiger partial charge in [-0.2, -0.15) is 0 Å². The molecule has 0 aliphatic heterocycles. The van der Waals surface area contributed by atoms with Crippen LogP contribution in [0.25, 0.3) is 0 Å². The molecule has 0 amide bonds. The Labute approximate surface area is 92.4 Å². The summed E-state index contributed by atoms with van der Waals surface area (Å²) in [5, 5.41) is 0. The molecule has 0 saturated carbocycles. The zero-order valence-corrected chi connectivity index (χ0v) is 9.36. The van der Waals surface area contributed by atoms with Gasteiger partial charge in [0, 0.05) is 0 Å². The van der Waals surface area contributed by atoms with Crippen molar-refractivity contribution in [3.05, 3.63) is 49.1 Å². The molecule has 0 aromatic rings. The van der Waals surface area contributed by atoms with Crippen LogP contribution in [0.5, 0.6) is 0 Å². The molecule has 0 bridgehead atoms. The molecule has 3 heteroatoms. The number of halogens is 1. The highest BCUT2D eigenvalue weighted by Crippen LogP contribution is 2.06. The van der Waals surface area contributed by atoms with Gasteiger partial charge in [-0.25, -0.2) is 0 Å². The SMILES string of the molecule is C=C/C=C\C=C(/C=C)CC(=O)OI. The van der Waals surface area contributed by atoms with E-state index in [1.165, 1.54) is 0 Å². The highest BCUT2D eigenvalue weighted by atomic mass is 127. The molecule has 70 valence electrons. The van der Waals surface area contributed by atoms with Crippen molar-refractivity contribution in [1.82, 2.24) is 0 Å². The minimum Gasteiger partial charge on any atom is -0.394 e. The number of hydrogen-bond acceptors (Lipinski definition) is 2. The summed E-state index contributed by atoms with van der Waals surface area (Å²) in [7, 11) is 0. The first-order valence-electron chi connectivity index (χ1n) is 3.66. The molecule has 0 saturated heterocycles. The Kier molecular flexibility index (Phi) is 7.29. The number of allylic oxidation sites excluding steroid dienone is 5.